The van der Waals surface area contributed by atoms with E-state index in [4.69, 9.17) is 5.11 Å². The van der Waals surface area contributed by atoms with Crippen molar-refractivity contribution in [2.45, 2.75) is 19.4 Å². The average Bonchev–Trinajstić information content (AvgIpc) is 2.17. The summed E-state index contributed by atoms with van der Waals surface area (Å²) in [5.41, 5.74) is 1.85. The molecule has 0 spiro atoms. The maximum atomic E-state index is 12.0. The van der Waals surface area contributed by atoms with Crippen LogP contribution in [0.1, 0.15) is 24.2 Å². The first-order valence-electron chi connectivity index (χ1n) is 4.10. The molecule has 0 fully saturated rings. The lowest BCUT2D eigenvalue weighted by atomic mass is 10.1. The van der Waals surface area contributed by atoms with E-state index in [2.05, 4.69) is 6.92 Å². The summed E-state index contributed by atoms with van der Waals surface area (Å²) in [6.45, 7) is 1.34. The van der Waals surface area contributed by atoms with Gasteiger partial charge in [-0.15, -0.1) is 0 Å². The van der Waals surface area contributed by atoms with Gasteiger partial charge in [0.05, 0.1) is 0 Å². The predicted molar refractivity (Wildman–Crippen MR) is 46.8 cm³/mol. The van der Waals surface area contributed by atoms with Gasteiger partial charge in [0.1, 0.15) is 12.8 Å². The van der Waals surface area contributed by atoms with Crippen molar-refractivity contribution in [1.29, 1.82) is 0 Å². The molecule has 1 nitrogen and oxygen atoms in total. The third kappa shape index (κ3) is 2.05. The van der Waals surface area contributed by atoms with Crippen LogP contribution in [0.5, 0.6) is 0 Å². The standard InChI is InChI=1S/C10H13FO/c1-2-8-3-5-9(6-4-8)10(12)7-11/h3-6,10,12H,2,7H2,1H3. The lowest BCUT2D eigenvalue weighted by molar-refractivity contribution is 0.142. The monoisotopic (exact) mass is 168 g/mol. The van der Waals surface area contributed by atoms with Gasteiger partial charge in [0.15, 0.2) is 0 Å². The predicted octanol–water partition coefficient (Wildman–Crippen LogP) is 2.25. The van der Waals surface area contributed by atoms with Crippen molar-refractivity contribution in [2.75, 3.05) is 6.67 Å². The molecular formula is C10H13FO. The van der Waals surface area contributed by atoms with Gasteiger partial charge in [-0.05, 0) is 17.5 Å². The Kier molecular flexibility index (Phi) is 3.23. The Morgan fingerprint density at radius 1 is 1.33 bits per heavy atom. The number of benzene rings is 1. The highest BCUT2D eigenvalue weighted by molar-refractivity contribution is 5.24. The molecule has 0 aromatic heterocycles. The van der Waals surface area contributed by atoms with Gasteiger partial charge in [-0.3, -0.25) is 0 Å². The van der Waals surface area contributed by atoms with E-state index in [9.17, 15) is 4.39 Å². The largest absolute Gasteiger partial charge is 0.386 e. The minimum Gasteiger partial charge on any atom is -0.386 e. The minimum atomic E-state index is -0.962. The Labute approximate surface area is 71.9 Å². The molecule has 0 saturated heterocycles. The quantitative estimate of drug-likeness (QED) is 0.734. The third-order valence-corrected chi connectivity index (χ3v) is 1.92. The number of alkyl halides is 1. The van der Waals surface area contributed by atoms with Crippen molar-refractivity contribution >= 4 is 0 Å². The highest BCUT2D eigenvalue weighted by atomic mass is 19.1. The van der Waals surface area contributed by atoms with Gasteiger partial charge in [-0.1, -0.05) is 31.2 Å². The molecule has 1 rings (SSSR count). The molecule has 0 radical (unpaired) electrons. The van der Waals surface area contributed by atoms with Crippen LogP contribution < -0.4 is 0 Å². The van der Waals surface area contributed by atoms with Crippen LogP contribution in [0.4, 0.5) is 4.39 Å². The van der Waals surface area contributed by atoms with Crippen LogP contribution in [0.15, 0.2) is 24.3 Å². The lowest BCUT2D eigenvalue weighted by Crippen LogP contribution is -1.98. The van der Waals surface area contributed by atoms with E-state index >= 15 is 0 Å². The number of aliphatic hydroxyl groups is 1. The van der Waals surface area contributed by atoms with E-state index in [0.29, 0.717) is 5.56 Å². The summed E-state index contributed by atoms with van der Waals surface area (Å²) < 4.78 is 12.0. The van der Waals surface area contributed by atoms with E-state index in [-0.39, 0.29) is 0 Å². The fourth-order valence-corrected chi connectivity index (χ4v) is 1.06. The van der Waals surface area contributed by atoms with Crippen molar-refractivity contribution in [3.05, 3.63) is 35.4 Å². The highest BCUT2D eigenvalue weighted by Crippen LogP contribution is 2.14. The number of rotatable bonds is 3. The molecule has 1 unspecified atom stereocenters. The fraction of sp³-hybridized carbons (Fsp3) is 0.400. The van der Waals surface area contributed by atoms with Crippen LogP contribution in [0.3, 0.4) is 0 Å². The Hall–Kier alpha value is -0.890. The van der Waals surface area contributed by atoms with E-state index in [1.165, 1.54) is 5.56 Å². The summed E-state index contributed by atoms with van der Waals surface area (Å²) in [4.78, 5) is 0. The third-order valence-electron chi connectivity index (χ3n) is 1.92. The molecule has 0 aliphatic heterocycles. The first kappa shape index (κ1) is 9.20. The van der Waals surface area contributed by atoms with Gasteiger partial charge >= 0.3 is 0 Å². The molecule has 0 aliphatic carbocycles. The van der Waals surface area contributed by atoms with Crippen LogP contribution in [0.25, 0.3) is 0 Å². The van der Waals surface area contributed by atoms with Crippen molar-refractivity contribution in [3.8, 4) is 0 Å². The first-order valence-corrected chi connectivity index (χ1v) is 4.10. The highest BCUT2D eigenvalue weighted by Gasteiger charge is 2.04. The number of aliphatic hydroxyl groups excluding tert-OH is 1. The summed E-state index contributed by atoms with van der Waals surface area (Å²) in [7, 11) is 0. The second kappa shape index (κ2) is 4.21. The second-order valence-corrected chi connectivity index (χ2v) is 2.77. The van der Waals surface area contributed by atoms with Crippen LogP contribution >= 0.6 is 0 Å². The minimum absolute atomic E-state index is 0.648. The molecule has 1 N–H and O–H groups in total. The van der Waals surface area contributed by atoms with Gasteiger partial charge < -0.3 is 5.11 Å². The molecule has 12 heavy (non-hydrogen) atoms. The zero-order chi connectivity index (χ0) is 8.97. The lowest BCUT2D eigenvalue weighted by Gasteiger charge is -2.06. The topological polar surface area (TPSA) is 20.2 Å². The first-order chi connectivity index (χ1) is 5.77. The maximum absolute atomic E-state index is 12.0. The van der Waals surface area contributed by atoms with Crippen LogP contribution in [0.2, 0.25) is 0 Å². The van der Waals surface area contributed by atoms with E-state index in [1.807, 2.05) is 12.1 Å². The van der Waals surface area contributed by atoms with E-state index in [1.54, 1.807) is 12.1 Å². The number of hydrogen-bond donors (Lipinski definition) is 1. The summed E-state index contributed by atoms with van der Waals surface area (Å²) in [5.74, 6) is 0. The zero-order valence-electron chi connectivity index (χ0n) is 7.13. The molecule has 1 aromatic carbocycles. The van der Waals surface area contributed by atoms with E-state index < -0.39 is 12.8 Å². The van der Waals surface area contributed by atoms with Crippen LogP contribution in [0, 0.1) is 0 Å². The van der Waals surface area contributed by atoms with Crippen molar-refractivity contribution < 1.29 is 9.50 Å². The van der Waals surface area contributed by atoms with Crippen molar-refractivity contribution in [2.24, 2.45) is 0 Å². The van der Waals surface area contributed by atoms with Crippen LogP contribution in [-0.2, 0) is 6.42 Å². The number of aryl methyl sites for hydroxylation is 1. The average molecular weight is 168 g/mol. The van der Waals surface area contributed by atoms with Gasteiger partial charge in [-0.2, -0.15) is 0 Å². The summed E-state index contributed by atoms with van der Waals surface area (Å²) in [5, 5.41) is 9.12. The molecule has 0 saturated carbocycles. The fourth-order valence-electron chi connectivity index (χ4n) is 1.06. The van der Waals surface area contributed by atoms with Gasteiger partial charge in [-0.25, -0.2) is 4.39 Å². The second-order valence-electron chi connectivity index (χ2n) is 2.77. The smallest absolute Gasteiger partial charge is 0.119 e. The molecule has 0 bridgehead atoms. The molecule has 0 amide bonds. The van der Waals surface area contributed by atoms with Gasteiger partial charge in [0, 0.05) is 0 Å². The van der Waals surface area contributed by atoms with E-state index in [0.717, 1.165) is 6.42 Å². The van der Waals surface area contributed by atoms with Crippen LogP contribution in [-0.4, -0.2) is 11.8 Å². The van der Waals surface area contributed by atoms with Crippen molar-refractivity contribution in [1.82, 2.24) is 0 Å². The molecule has 2 heteroatoms. The van der Waals surface area contributed by atoms with Gasteiger partial charge in [0.25, 0.3) is 0 Å². The zero-order valence-corrected chi connectivity index (χ0v) is 7.13. The van der Waals surface area contributed by atoms with Crippen molar-refractivity contribution in [3.63, 3.8) is 0 Å². The SMILES string of the molecule is CCc1ccc(C(O)CF)cc1. The Morgan fingerprint density at radius 3 is 2.33 bits per heavy atom. The molecule has 0 heterocycles. The number of halogens is 1. The molecule has 1 aromatic rings. The Bertz CT molecular complexity index is 230. The normalized spacial score (nSPS) is 12.9. The Balaban J connectivity index is 2.77. The number of hydrogen-bond acceptors (Lipinski definition) is 1. The maximum Gasteiger partial charge on any atom is 0.119 e. The molecule has 0 aliphatic rings. The molecular weight excluding hydrogens is 155 g/mol. The summed E-state index contributed by atoms with van der Waals surface area (Å²) in [6.07, 6.45) is 0.00216. The Morgan fingerprint density at radius 2 is 1.92 bits per heavy atom. The molecule has 66 valence electrons. The van der Waals surface area contributed by atoms with Gasteiger partial charge in [0.2, 0.25) is 0 Å². The summed E-state index contributed by atoms with van der Waals surface area (Å²) in [6, 6.07) is 7.36. The molecule has 1 atom stereocenters. The summed E-state index contributed by atoms with van der Waals surface area (Å²) >= 11 is 0.